The normalized spacial score (nSPS) is 11.0. The number of fused-ring (bicyclic) bond motifs is 1. The molecule has 0 amide bonds. The van der Waals surface area contributed by atoms with E-state index >= 15 is 0 Å². The number of pyridine rings is 2. The van der Waals surface area contributed by atoms with Gasteiger partial charge in [-0.3, -0.25) is 14.5 Å². The summed E-state index contributed by atoms with van der Waals surface area (Å²) in [6, 6.07) is 11.5. The Morgan fingerprint density at radius 1 is 0.913 bits per heavy atom. The maximum atomic E-state index is 11.6. The molecule has 0 bridgehead atoms. The second kappa shape index (κ2) is 5.21. The summed E-state index contributed by atoms with van der Waals surface area (Å²) in [5.41, 5.74) is 4.79. The van der Waals surface area contributed by atoms with Crippen LogP contribution in [-0.4, -0.2) is 19.7 Å². The predicted molar refractivity (Wildman–Crippen MR) is 90.0 cm³/mol. The predicted octanol–water partition coefficient (Wildman–Crippen LogP) is 2.99. The molecule has 0 fully saturated rings. The van der Waals surface area contributed by atoms with E-state index in [0.29, 0.717) is 0 Å². The molecule has 4 rings (SSSR count). The van der Waals surface area contributed by atoms with E-state index in [9.17, 15) is 4.79 Å². The molecule has 0 radical (unpaired) electrons. The number of nitrogens with one attached hydrogen (secondary N) is 1. The van der Waals surface area contributed by atoms with Crippen molar-refractivity contribution in [2.75, 3.05) is 0 Å². The second-order valence-electron chi connectivity index (χ2n) is 5.45. The van der Waals surface area contributed by atoms with Gasteiger partial charge in [0.2, 0.25) is 5.56 Å². The molecule has 0 saturated heterocycles. The average Bonchev–Trinajstić information content (AvgIpc) is 3.01. The Labute approximate surface area is 132 Å². The minimum absolute atomic E-state index is 0.114. The van der Waals surface area contributed by atoms with Gasteiger partial charge < -0.3 is 4.98 Å². The quantitative estimate of drug-likeness (QED) is 0.619. The minimum Gasteiger partial charge on any atom is -0.321 e. The van der Waals surface area contributed by atoms with Crippen LogP contribution in [0.1, 0.15) is 0 Å². The van der Waals surface area contributed by atoms with Crippen molar-refractivity contribution in [2.24, 2.45) is 7.05 Å². The van der Waals surface area contributed by atoms with Crippen LogP contribution in [0.4, 0.5) is 0 Å². The van der Waals surface area contributed by atoms with E-state index in [0.717, 1.165) is 33.2 Å². The largest absolute Gasteiger partial charge is 0.321 e. The van der Waals surface area contributed by atoms with Crippen LogP contribution < -0.4 is 5.56 Å². The molecule has 0 saturated carbocycles. The van der Waals surface area contributed by atoms with E-state index in [2.05, 4.69) is 15.1 Å². The van der Waals surface area contributed by atoms with Crippen LogP contribution in [0.2, 0.25) is 0 Å². The van der Waals surface area contributed by atoms with Gasteiger partial charge in [-0.15, -0.1) is 0 Å². The van der Waals surface area contributed by atoms with Gasteiger partial charge in [-0.05, 0) is 17.2 Å². The molecule has 0 spiro atoms. The Hall–Kier alpha value is -3.21. The maximum absolute atomic E-state index is 11.6. The summed E-state index contributed by atoms with van der Waals surface area (Å²) in [5.74, 6) is 0. The molecule has 4 aromatic rings. The number of aromatic nitrogens is 4. The molecule has 112 valence electrons. The molecular weight excluding hydrogens is 288 g/mol. The van der Waals surface area contributed by atoms with E-state index in [1.807, 2.05) is 43.7 Å². The highest BCUT2D eigenvalue weighted by Crippen LogP contribution is 2.27. The topological polar surface area (TPSA) is 63.6 Å². The van der Waals surface area contributed by atoms with Crippen molar-refractivity contribution >= 4 is 10.9 Å². The van der Waals surface area contributed by atoms with Gasteiger partial charge in [0.15, 0.2) is 0 Å². The van der Waals surface area contributed by atoms with Gasteiger partial charge in [-0.2, -0.15) is 5.10 Å². The second-order valence-corrected chi connectivity index (χ2v) is 5.45. The van der Waals surface area contributed by atoms with Gasteiger partial charge in [-0.25, -0.2) is 0 Å². The molecule has 3 heterocycles. The summed E-state index contributed by atoms with van der Waals surface area (Å²) in [5, 5.41) is 5.11. The summed E-state index contributed by atoms with van der Waals surface area (Å²) in [4.78, 5) is 18.8. The summed E-state index contributed by atoms with van der Waals surface area (Å²) in [6.07, 6.45) is 7.34. The van der Waals surface area contributed by atoms with Gasteiger partial charge in [0, 0.05) is 48.2 Å². The Bertz CT molecular complexity index is 1040. The number of nitrogens with zero attached hydrogens (tertiary/aromatic N) is 3. The Balaban J connectivity index is 1.82. The molecule has 0 aliphatic carbocycles. The van der Waals surface area contributed by atoms with Crippen LogP contribution >= 0.6 is 0 Å². The Morgan fingerprint density at radius 2 is 1.70 bits per heavy atom. The average molecular weight is 302 g/mol. The van der Waals surface area contributed by atoms with Gasteiger partial charge >= 0.3 is 0 Å². The standard InChI is InChI=1S/C18H14N4O/c1-22-11-15(9-20-22)12-2-4-13(5-3-12)16-10-19-8-14-6-7-17(23)21-18(14)16/h2-11H,1H3,(H,21,23). The van der Waals surface area contributed by atoms with Crippen molar-refractivity contribution in [1.29, 1.82) is 0 Å². The molecule has 0 atom stereocenters. The summed E-state index contributed by atoms with van der Waals surface area (Å²) in [6.45, 7) is 0. The third-order valence-corrected chi connectivity index (χ3v) is 3.87. The Morgan fingerprint density at radius 3 is 2.43 bits per heavy atom. The van der Waals surface area contributed by atoms with Gasteiger partial charge in [0.05, 0.1) is 11.7 Å². The fourth-order valence-electron chi connectivity index (χ4n) is 2.70. The molecule has 1 aromatic carbocycles. The minimum atomic E-state index is -0.114. The zero-order valence-corrected chi connectivity index (χ0v) is 12.5. The smallest absolute Gasteiger partial charge is 0.248 e. The SMILES string of the molecule is Cn1cc(-c2ccc(-c3cncc4ccc(=O)[nH]c34)cc2)cn1. The number of aromatic amines is 1. The van der Waals surface area contributed by atoms with Crippen LogP contribution in [0.5, 0.6) is 0 Å². The van der Waals surface area contributed by atoms with Crippen molar-refractivity contribution in [3.63, 3.8) is 0 Å². The number of H-pyrrole nitrogens is 1. The van der Waals surface area contributed by atoms with Crippen LogP contribution in [0.3, 0.4) is 0 Å². The molecule has 0 unspecified atom stereocenters. The summed E-state index contributed by atoms with van der Waals surface area (Å²) in [7, 11) is 1.90. The number of aryl methyl sites for hydroxylation is 1. The first kappa shape index (κ1) is 13.5. The van der Waals surface area contributed by atoms with E-state index < -0.39 is 0 Å². The molecular formula is C18H14N4O. The third-order valence-electron chi connectivity index (χ3n) is 3.87. The lowest BCUT2D eigenvalue weighted by molar-refractivity contribution is 0.768. The van der Waals surface area contributed by atoms with Gasteiger partial charge in [0.1, 0.15) is 0 Å². The molecule has 5 heteroatoms. The van der Waals surface area contributed by atoms with Crippen LogP contribution in [0.15, 0.2) is 66.0 Å². The van der Waals surface area contributed by atoms with Crippen molar-refractivity contribution in [3.05, 3.63) is 71.5 Å². The highest BCUT2D eigenvalue weighted by atomic mass is 16.1. The van der Waals surface area contributed by atoms with Crippen LogP contribution in [-0.2, 0) is 7.05 Å². The van der Waals surface area contributed by atoms with E-state index in [-0.39, 0.29) is 5.56 Å². The third kappa shape index (κ3) is 2.42. The molecule has 1 N–H and O–H groups in total. The zero-order chi connectivity index (χ0) is 15.8. The van der Waals surface area contributed by atoms with Crippen molar-refractivity contribution < 1.29 is 0 Å². The maximum Gasteiger partial charge on any atom is 0.248 e. The van der Waals surface area contributed by atoms with Crippen molar-refractivity contribution in [3.8, 4) is 22.3 Å². The van der Waals surface area contributed by atoms with Gasteiger partial charge in [-0.1, -0.05) is 24.3 Å². The molecule has 5 nitrogen and oxygen atoms in total. The van der Waals surface area contributed by atoms with Crippen molar-refractivity contribution in [1.82, 2.24) is 19.7 Å². The highest BCUT2D eigenvalue weighted by molar-refractivity contribution is 5.92. The summed E-state index contributed by atoms with van der Waals surface area (Å²) >= 11 is 0. The molecule has 0 aliphatic heterocycles. The first-order chi connectivity index (χ1) is 11.2. The monoisotopic (exact) mass is 302 g/mol. The fraction of sp³-hybridized carbons (Fsp3) is 0.0556. The molecule has 3 aromatic heterocycles. The first-order valence-electron chi connectivity index (χ1n) is 7.27. The number of hydrogen-bond donors (Lipinski definition) is 1. The zero-order valence-electron chi connectivity index (χ0n) is 12.5. The molecule has 23 heavy (non-hydrogen) atoms. The number of benzene rings is 1. The van der Waals surface area contributed by atoms with Gasteiger partial charge in [0.25, 0.3) is 0 Å². The highest BCUT2D eigenvalue weighted by Gasteiger charge is 2.07. The number of hydrogen-bond acceptors (Lipinski definition) is 3. The van der Waals surface area contributed by atoms with Crippen LogP contribution in [0.25, 0.3) is 33.2 Å². The van der Waals surface area contributed by atoms with E-state index in [1.165, 1.54) is 6.07 Å². The fourth-order valence-corrected chi connectivity index (χ4v) is 2.70. The Kier molecular flexibility index (Phi) is 3.05. The van der Waals surface area contributed by atoms with Crippen molar-refractivity contribution in [2.45, 2.75) is 0 Å². The molecule has 0 aliphatic rings. The first-order valence-corrected chi connectivity index (χ1v) is 7.27. The van der Waals surface area contributed by atoms with E-state index in [4.69, 9.17) is 0 Å². The van der Waals surface area contributed by atoms with E-state index in [1.54, 1.807) is 23.1 Å². The number of rotatable bonds is 2. The lowest BCUT2D eigenvalue weighted by Crippen LogP contribution is -2.03. The lowest BCUT2D eigenvalue weighted by Gasteiger charge is -2.06. The van der Waals surface area contributed by atoms with Crippen LogP contribution in [0, 0.1) is 0 Å². The summed E-state index contributed by atoms with van der Waals surface area (Å²) < 4.78 is 1.78. The lowest BCUT2D eigenvalue weighted by atomic mass is 10.0.